The molecule has 0 unspecified atom stereocenters. The molecular formula is C20H26N4O4. The van der Waals surface area contributed by atoms with Gasteiger partial charge in [0.2, 0.25) is 5.91 Å². The Balaban J connectivity index is 1.47. The van der Waals surface area contributed by atoms with Gasteiger partial charge in [0, 0.05) is 25.7 Å². The highest BCUT2D eigenvalue weighted by Gasteiger charge is 2.21. The van der Waals surface area contributed by atoms with Crippen molar-refractivity contribution in [1.82, 2.24) is 10.2 Å². The van der Waals surface area contributed by atoms with Gasteiger partial charge in [-0.3, -0.25) is 4.79 Å². The standard InChI is InChI=1S/C20H26N4O4/c1-26-16-4-3-14(13-17(16)27-2)7-10-21-18-5-6-19(24-23-18)22-20(25)15-8-11-28-12-9-15/h3-6,13,15H,7-12H2,1-2H3,(H,21,23)(H,22,24,25). The number of rotatable bonds is 8. The number of carbonyl (C=O) groups is 1. The van der Waals surface area contributed by atoms with Crippen molar-refractivity contribution in [2.45, 2.75) is 19.3 Å². The number of hydrogen-bond acceptors (Lipinski definition) is 7. The van der Waals surface area contributed by atoms with Gasteiger partial charge in [-0.1, -0.05) is 6.07 Å². The van der Waals surface area contributed by atoms with Crippen LogP contribution in [0.1, 0.15) is 18.4 Å². The van der Waals surface area contributed by atoms with Gasteiger partial charge in [-0.25, -0.2) is 0 Å². The Bertz CT molecular complexity index is 776. The van der Waals surface area contributed by atoms with Crippen LogP contribution in [0.15, 0.2) is 30.3 Å². The zero-order chi connectivity index (χ0) is 19.8. The minimum Gasteiger partial charge on any atom is -0.493 e. The molecule has 0 spiro atoms. The SMILES string of the molecule is COc1ccc(CCNc2ccc(NC(=O)C3CCOCC3)nn2)cc1OC. The second kappa shape index (κ2) is 9.89. The quantitative estimate of drug-likeness (QED) is 0.720. The van der Waals surface area contributed by atoms with Crippen LogP contribution in [0.2, 0.25) is 0 Å². The summed E-state index contributed by atoms with van der Waals surface area (Å²) in [6.45, 7) is 1.96. The number of anilines is 2. The van der Waals surface area contributed by atoms with Crippen molar-refractivity contribution in [3.63, 3.8) is 0 Å². The van der Waals surface area contributed by atoms with Crippen LogP contribution in [0.25, 0.3) is 0 Å². The third-order valence-electron chi connectivity index (χ3n) is 4.68. The molecule has 0 radical (unpaired) electrons. The molecule has 2 heterocycles. The van der Waals surface area contributed by atoms with E-state index in [0.717, 1.165) is 24.8 Å². The minimum atomic E-state index is -0.0215. The van der Waals surface area contributed by atoms with Gasteiger partial charge in [0.25, 0.3) is 0 Å². The predicted octanol–water partition coefficient (Wildman–Crippen LogP) is 2.51. The van der Waals surface area contributed by atoms with E-state index in [9.17, 15) is 4.79 Å². The maximum Gasteiger partial charge on any atom is 0.228 e. The highest BCUT2D eigenvalue weighted by atomic mass is 16.5. The summed E-state index contributed by atoms with van der Waals surface area (Å²) in [6.07, 6.45) is 2.29. The van der Waals surface area contributed by atoms with E-state index in [1.165, 1.54) is 0 Å². The Morgan fingerprint density at radius 2 is 1.79 bits per heavy atom. The average Bonchev–Trinajstić information content (AvgIpc) is 2.75. The molecule has 1 saturated heterocycles. The number of aromatic nitrogens is 2. The Hall–Kier alpha value is -2.87. The number of benzene rings is 1. The summed E-state index contributed by atoms with van der Waals surface area (Å²) in [5, 5.41) is 14.3. The fourth-order valence-electron chi connectivity index (χ4n) is 3.05. The summed E-state index contributed by atoms with van der Waals surface area (Å²) < 4.78 is 15.8. The van der Waals surface area contributed by atoms with E-state index >= 15 is 0 Å². The van der Waals surface area contributed by atoms with Crippen molar-refractivity contribution in [2.24, 2.45) is 5.92 Å². The molecule has 2 N–H and O–H groups in total. The lowest BCUT2D eigenvalue weighted by molar-refractivity contribution is -0.122. The number of methoxy groups -OCH3 is 2. The summed E-state index contributed by atoms with van der Waals surface area (Å²) in [5.41, 5.74) is 1.12. The van der Waals surface area contributed by atoms with Gasteiger partial charge < -0.3 is 24.8 Å². The Labute approximate surface area is 164 Å². The van der Waals surface area contributed by atoms with Crippen molar-refractivity contribution in [3.8, 4) is 11.5 Å². The van der Waals surface area contributed by atoms with Crippen LogP contribution in [0.5, 0.6) is 11.5 Å². The molecule has 1 aromatic heterocycles. The summed E-state index contributed by atoms with van der Waals surface area (Å²) in [7, 11) is 3.24. The molecule has 0 saturated carbocycles. The first-order valence-electron chi connectivity index (χ1n) is 9.36. The minimum absolute atomic E-state index is 0.0187. The van der Waals surface area contributed by atoms with Crippen LogP contribution in [0, 0.1) is 5.92 Å². The summed E-state index contributed by atoms with van der Waals surface area (Å²) in [6, 6.07) is 9.42. The zero-order valence-electron chi connectivity index (χ0n) is 16.2. The molecule has 1 aromatic carbocycles. The van der Waals surface area contributed by atoms with E-state index < -0.39 is 0 Å². The molecule has 0 bridgehead atoms. The van der Waals surface area contributed by atoms with Gasteiger partial charge in [-0.2, -0.15) is 0 Å². The largest absolute Gasteiger partial charge is 0.493 e. The monoisotopic (exact) mass is 386 g/mol. The van der Waals surface area contributed by atoms with Crippen LogP contribution < -0.4 is 20.1 Å². The zero-order valence-corrected chi connectivity index (χ0v) is 16.2. The van der Waals surface area contributed by atoms with Crippen LogP contribution in [-0.2, 0) is 16.0 Å². The number of ether oxygens (including phenoxy) is 3. The lowest BCUT2D eigenvalue weighted by Crippen LogP contribution is -2.28. The van der Waals surface area contributed by atoms with E-state index in [1.807, 2.05) is 18.2 Å². The van der Waals surface area contributed by atoms with E-state index in [4.69, 9.17) is 14.2 Å². The normalized spacial score (nSPS) is 14.4. The van der Waals surface area contributed by atoms with E-state index in [1.54, 1.807) is 26.4 Å². The van der Waals surface area contributed by atoms with Crippen molar-refractivity contribution in [3.05, 3.63) is 35.9 Å². The van der Waals surface area contributed by atoms with E-state index in [0.29, 0.717) is 42.9 Å². The molecule has 2 aromatic rings. The molecule has 1 amide bonds. The van der Waals surface area contributed by atoms with Crippen molar-refractivity contribution < 1.29 is 19.0 Å². The fourth-order valence-corrected chi connectivity index (χ4v) is 3.05. The van der Waals surface area contributed by atoms with Gasteiger partial charge in [-0.15, -0.1) is 10.2 Å². The molecule has 3 rings (SSSR count). The second-order valence-corrected chi connectivity index (χ2v) is 6.55. The predicted molar refractivity (Wildman–Crippen MR) is 106 cm³/mol. The third-order valence-corrected chi connectivity index (χ3v) is 4.68. The Kier molecular flexibility index (Phi) is 7.02. The lowest BCUT2D eigenvalue weighted by atomic mass is 9.99. The number of amides is 1. The molecule has 1 aliphatic rings. The highest BCUT2D eigenvalue weighted by Crippen LogP contribution is 2.27. The maximum absolute atomic E-state index is 12.2. The smallest absolute Gasteiger partial charge is 0.228 e. The molecule has 8 nitrogen and oxygen atoms in total. The van der Waals surface area contributed by atoms with Crippen molar-refractivity contribution in [1.29, 1.82) is 0 Å². The number of hydrogen-bond donors (Lipinski definition) is 2. The van der Waals surface area contributed by atoms with Gasteiger partial charge >= 0.3 is 0 Å². The van der Waals surface area contributed by atoms with Crippen molar-refractivity contribution >= 4 is 17.5 Å². The molecule has 150 valence electrons. The van der Waals surface area contributed by atoms with Crippen LogP contribution >= 0.6 is 0 Å². The number of nitrogens with zero attached hydrogens (tertiary/aromatic N) is 2. The van der Waals surface area contributed by atoms with Gasteiger partial charge in [-0.05, 0) is 49.1 Å². The highest BCUT2D eigenvalue weighted by molar-refractivity contribution is 5.91. The van der Waals surface area contributed by atoms with Crippen LogP contribution in [0.4, 0.5) is 11.6 Å². The van der Waals surface area contributed by atoms with Crippen LogP contribution in [0.3, 0.4) is 0 Å². The first kappa shape index (κ1) is 19.9. The Morgan fingerprint density at radius 3 is 2.46 bits per heavy atom. The maximum atomic E-state index is 12.2. The van der Waals surface area contributed by atoms with Crippen LogP contribution in [-0.4, -0.2) is 50.1 Å². The van der Waals surface area contributed by atoms with Gasteiger partial charge in [0.05, 0.1) is 14.2 Å². The third kappa shape index (κ3) is 5.32. The van der Waals surface area contributed by atoms with Gasteiger partial charge in [0.15, 0.2) is 17.3 Å². The summed E-state index contributed by atoms with van der Waals surface area (Å²) >= 11 is 0. The molecule has 1 aliphatic heterocycles. The number of carbonyl (C=O) groups excluding carboxylic acids is 1. The number of nitrogens with one attached hydrogen (secondary N) is 2. The molecule has 0 atom stereocenters. The Morgan fingerprint density at radius 1 is 1.07 bits per heavy atom. The molecule has 28 heavy (non-hydrogen) atoms. The molecular weight excluding hydrogens is 360 g/mol. The van der Waals surface area contributed by atoms with E-state index in [-0.39, 0.29) is 11.8 Å². The first-order chi connectivity index (χ1) is 13.7. The summed E-state index contributed by atoms with van der Waals surface area (Å²) in [5.74, 6) is 2.50. The molecule has 1 fully saturated rings. The lowest BCUT2D eigenvalue weighted by Gasteiger charge is -2.20. The molecule has 8 heteroatoms. The summed E-state index contributed by atoms with van der Waals surface area (Å²) in [4.78, 5) is 12.2. The molecule has 0 aliphatic carbocycles. The van der Waals surface area contributed by atoms with E-state index in [2.05, 4.69) is 20.8 Å². The van der Waals surface area contributed by atoms with Gasteiger partial charge in [0.1, 0.15) is 5.82 Å². The fraction of sp³-hybridized carbons (Fsp3) is 0.450. The van der Waals surface area contributed by atoms with Crippen molar-refractivity contribution in [2.75, 3.05) is 44.6 Å². The average molecular weight is 386 g/mol. The first-order valence-corrected chi connectivity index (χ1v) is 9.36. The second-order valence-electron chi connectivity index (χ2n) is 6.55. The topological polar surface area (TPSA) is 94.6 Å².